The molecule has 0 aromatic carbocycles. The minimum Gasteiger partial charge on any atom is -0.512 e. The molecule has 0 spiro atoms. The average molecular weight is 194 g/mol. The number of rotatable bonds is 1. The molecule has 0 saturated heterocycles. The van der Waals surface area contributed by atoms with Crippen molar-refractivity contribution < 1.29 is 10.2 Å². The van der Waals surface area contributed by atoms with Crippen molar-refractivity contribution in [2.45, 2.75) is 38.5 Å². The molecule has 78 valence electrons. The molecular weight excluding hydrogens is 176 g/mol. The summed E-state index contributed by atoms with van der Waals surface area (Å²) in [6, 6.07) is 0. The van der Waals surface area contributed by atoms with Gasteiger partial charge in [0.25, 0.3) is 0 Å². The van der Waals surface area contributed by atoms with Gasteiger partial charge in [-0.25, -0.2) is 0 Å². The average Bonchev–Trinajstić information content (AvgIpc) is 2.18. The molecule has 0 aromatic rings. The Morgan fingerprint density at radius 3 is 2.43 bits per heavy atom. The fraction of sp³-hybridized carbons (Fsp3) is 0.667. The van der Waals surface area contributed by atoms with E-state index in [1.54, 1.807) is 0 Å². The zero-order valence-corrected chi connectivity index (χ0v) is 8.45. The van der Waals surface area contributed by atoms with Crippen molar-refractivity contribution >= 4 is 0 Å². The first-order valence-electron chi connectivity index (χ1n) is 5.56. The van der Waals surface area contributed by atoms with Gasteiger partial charge in [-0.15, -0.1) is 0 Å². The van der Waals surface area contributed by atoms with Gasteiger partial charge in [0.2, 0.25) is 0 Å². The van der Waals surface area contributed by atoms with Crippen LogP contribution in [0.2, 0.25) is 0 Å². The van der Waals surface area contributed by atoms with E-state index in [9.17, 15) is 10.2 Å². The topological polar surface area (TPSA) is 40.5 Å². The molecule has 1 atom stereocenters. The second-order valence-corrected chi connectivity index (χ2v) is 4.49. The second kappa shape index (κ2) is 4.07. The number of hydrogen-bond acceptors (Lipinski definition) is 2. The first kappa shape index (κ1) is 9.63. The van der Waals surface area contributed by atoms with Crippen LogP contribution in [0.4, 0.5) is 0 Å². The largest absolute Gasteiger partial charge is 0.512 e. The maximum atomic E-state index is 9.44. The van der Waals surface area contributed by atoms with Crippen molar-refractivity contribution in [3.05, 3.63) is 23.7 Å². The van der Waals surface area contributed by atoms with Crippen molar-refractivity contribution in [1.29, 1.82) is 0 Å². The molecule has 2 nitrogen and oxygen atoms in total. The Balaban J connectivity index is 2.01. The Bertz CT molecular complexity index is 259. The standard InChI is InChI=1S/C12H18O2/c13-11-6-10(7-12(14)8-11)9-4-2-1-3-5-9/h6,8-10,13-14H,1-5,7H2/t10-/m0/s1. The highest BCUT2D eigenvalue weighted by molar-refractivity contribution is 5.21. The van der Waals surface area contributed by atoms with Gasteiger partial charge >= 0.3 is 0 Å². The normalized spacial score (nSPS) is 29.6. The fourth-order valence-corrected chi connectivity index (χ4v) is 2.66. The van der Waals surface area contributed by atoms with E-state index in [0.717, 1.165) is 0 Å². The van der Waals surface area contributed by atoms with Gasteiger partial charge in [-0.3, -0.25) is 0 Å². The third-order valence-electron chi connectivity index (χ3n) is 3.40. The summed E-state index contributed by atoms with van der Waals surface area (Å²) in [7, 11) is 0. The van der Waals surface area contributed by atoms with Crippen LogP contribution in [-0.2, 0) is 0 Å². The van der Waals surface area contributed by atoms with E-state index in [4.69, 9.17) is 0 Å². The highest BCUT2D eigenvalue weighted by Gasteiger charge is 2.25. The molecule has 0 unspecified atom stereocenters. The Labute approximate surface area is 85.0 Å². The van der Waals surface area contributed by atoms with Crippen LogP contribution in [0, 0.1) is 11.8 Å². The molecule has 2 N–H and O–H groups in total. The molecule has 0 radical (unpaired) electrons. The molecule has 0 bridgehead atoms. The van der Waals surface area contributed by atoms with Crippen molar-refractivity contribution in [3.8, 4) is 0 Å². The summed E-state index contributed by atoms with van der Waals surface area (Å²) in [5.41, 5.74) is 0. The van der Waals surface area contributed by atoms with E-state index in [-0.39, 0.29) is 5.76 Å². The van der Waals surface area contributed by atoms with E-state index >= 15 is 0 Å². The number of allylic oxidation sites excluding steroid dienone is 3. The van der Waals surface area contributed by atoms with Crippen LogP contribution in [0.5, 0.6) is 0 Å². The van der Waals surface area contributed by atoms with Gasteiger partial charge in [-0.2, -0.15) is 0 Å². The van der Waals surface area contributed by atoms with Crippen LogP contribution in [0.3, 0.4) is 0 Å². The molecule has 0 aromatic heterocycles. The minimum absolute atomic E-state index is 0.240. The molecule has 2 aliphatic rings. The Morgan fingerprint density at radius 2 is 1.79 bits per heavy atom. The van der Waals surface area contributed by atoms with E-state index in [1.165, 1.54) is 38.2 Å². The lowest BCUT2D eigenvalue weighted by atomic mass is 9.77. The quantitative estimate of drug-likeness (QED) is 0.671. The third kappa shape index (κ3) is 2.11. The lowest BCUT2D eigenvalue weighted by Gasteiger charge is -2.29. The van der Waals surface area contributed by atoms with Crippen molar-refractivity contribution in [3.63, 3.8) is 0 Å². The van der Waals surface area contributed by atoms with Crippen molar-refractivity contribution in [2.75, 3.05) is 0 Å². The summed E-state index contributed by atoms with van der Waals surface area (Å²) in [5.74, 6) is 1.60. The van der Waals surface area contributed by atoms with Crippen LogP contribution in [-0.4, -0.2) is 10.2 Å². The molecule has 2 rings (SSSR count). The summed E-state index contributed by atoms with van der Waals surface area (Å²) in [6.07, 6.45) is 10.6. The SMILES string of the molecule is OC1=C[C@H](C2CCCCC2)CC(O)=C1. The van der Waals surface area contributed by atoms with E-state index in [0.29, 0.717) is 24.0 Å². The molecule has 1 fully saturated rings. The first-order valence-corrected chi connectivity index (χ1v) is 5.56. The summed E-state index contributed by atoms with van der Waals surface area (Å²) in [6.45, 7) is 0. The third-order valence-corrected chi connectivity index (χ3v) is 3.40. The monoisotopic (exact) mass is 194 g/mol. The smallest absolute Gasteiger partial charge is 0.115 e. The number of aliphatic hydroxyl groups is 2. The lowest BCUT2D eigenvalue weighted by Crippen LogP contribution is -2.19. The van der Waals surface area contributed by atoms with Gasteiger partial charge in [-0.05, 0) is 30.8 Å². The predicted octanol–water partition coefficient (Wildman–Crippen LogP) is 3.47. The van der Waals surface area contributed by atoms with Crippen LogP contribution in [0.25, 0.3) is 0 Å². The summed E-state index contributed by atoms with van der Waals surface area (Å²) >= 11 is 0. The molecule has 2 aliphatic carbocycles. The summed E-state index contributed by atoms with van der Waals surface area (Å²) < 4.78 is 0. The summed E-state index contributed by atoms with van der Waals surface area (Å²) in [4.78, 5) is 0. The van der Waals surface area contributed by atoms with Crippen molar-refractivity contribution in [1.82, 2.24) is 0 Å². The van der Waals surface area contributed by atoms with Gasteiger partial charge in [0, 0.05) is 12.5 Å². The maximum absolute atomic E-state index is 9.44. The number of hydrogen-bond donors (Lipinski definition) is 2. The number of aliphatic hydroxyl groups excluding tert-OH is 2. The maximum Gasteiger partial charge on any atom is 0.115 e. The van der Waals surface area contributed by atoms with Gasteiger partial charge in [0.15, 0.2) is 0 Å². The molecule has 0 aliphatic heterocycles. The van der Waals surface area contributed by atoms with Crippen molar-refractivity contribution in [2.24, 2.45) is 11.8 Å². The van der Waals surface area contributed by atoms with Crippen LogP contribution in [0.15, 0.2) is 23.7 Å². The van der Waals surface area contributed by atoms with Gasteiger partial charge in [0.1, 0.15) is 5.76 Å². The molecule has 2 heteroatoms. The summed E-state index contributed by atoms with van der Waals surface area (Å²) in [5, 5.41) is 18.8. The molecule has 0 heterocycles. The van der Waals surface area contributed by atoms with Gasteiger partial charge < -0.3 is 10.2 Å². The lowest BCUT2D eigenvalue weighted by molar-refractivity contribution is 0.246. The second-order valence-electron chi connectivity index (χ2n) is 4.49. The van der Waals surface area contributed by atoms with E-state index < -0.39 is 0 Å². The van der Waals surface area contributed by atoms with Gasteiger partial charge in [0.05, 0.1) is 5.76 Å². The van der Waals surface area contributed by atoms with Gasteiger partial charge in [-0.1, -0.05) is 19.3 Å². The minimum atomic E-state index is 0.240. The van der Waals surface area contributed by atoms with Crippen LogP contribution >= 0.6 is 0 Å². The zero-order chi connectivity index (χ0) is 9.97. The highest BCUT2D eigenvalue weighted by atomic mass is 16.3. The predicted molar refractivity (Wildman–Crippen MR) is 56.1 cm³/mol. The molecule has 1 saturated carbocycles. The fourth-order valence-electron chi connectivity index (χ4n) is 2.66. The van der Waals surface area contributed by atoms with Crippen LogP contribution < -0.4 is 0 Å². The Morgan fingerprint density at radius 1 is 1.07 bits per heavy atom. The Hall–Kier alpha value is -0.920. The zero-order valence-electron chi connectivity index (χ0n) is 8.45. The molecule has 0 amide bonds. The molecule has 14 heavy (non-hydrogen) atoms. The van der Waals surface area contributed by atoms with E-state index in [1.807, 2.05) is 6.08 Å². The van der Waals surface area contributed by atoms with Crippen LogP contribution in [0.1, 0.15) is 38.5 Å². The molecular formula is C12H18O2. The van der Waals surface area contributed by atoms with E-state index in [2.05, 4.69) is 0 Å². The first-order chi connectivity index (χ1) is 6.75. The Kier molecular flexibility index (Phi) is 2.80. The highest BCUT2D eigenvalue weighted by Crippen LogP contribution is 2.35.